The number of hydrogen-bond donors (Lipinski definition) is 1. The topological polar surface area (TPSA) is 96.2 Å². The molecule has 0 radical (unpaired) electrons. The zero-order valence-corrected chi connectivity index (χ0v) is 19.0. The quantitative estimate of drug-likeness (QED) is 0.269. The number of fused-ring (bicyclic) bond motifs is 1. The van der Waals surface area contributed by atoms with Crippen molar-refractivity contribution < 1.29 is 33.0 Å². The minimum absolute atomic E-state index is 0.00859. The number of amides is 1. The van der Waals surface area contributed by atoms with Crippen molar-refractivity contribution in [3.05, 3.63) is 41.7 Å². The third-order valence-corrected chi connectivity index (χ3v) is 5.11. The van der Waals surface area contributed by atoms with Gasteiger partial charge in [0.1, 0.15) is 11.3 Å². The Morgan fingerprint density at radius 1 is 0.967 bits per heavy atom. The van der Waals surface area contributed by atoms with Crippen molar-refractivity contribution in [3.63, 3.8) is 0 Å². The number of rotatable bonds is 8. The van der Waals surface area contributed by atoms with Crippen LogP contribution in [0.2, 0.25) is 0 Å². The zero-order chi connectivity index (χ0) is 21.8. The summed E-state index contributed by atoms with van der Waals surface area (Å²) in [6.45, 7) is 0. The molecule has 1 N–H and O–H groups in total. The van der Waals surface area contributed by atoms with E-state index in [1.165, 1.54) is 40.6 Å². The second-order valence-corrected chi connectivity index (χ2v) is 6.86. The molecule has 0 fully saturated rings. The van der Waals surface area contributed by atoms with Crippen LogP contribution in [0.25, 0.3) is 11.0 Å². The lowest BCUT2D eigenvalue weighted by Crippen LogP contribution is -2.15. The van der Waals surface area contributed by atoms with Crippen molar-refractivity contribution in [2.75, 3.05) is 38.2 Å². The van der Waals surface area contributed by atoms with Crippen LogP contribution in [0.5, 0.6) is 23.0 Å². The SMILES string of the molecule is COc1ccc2oc(C(=O)c3cc(OC)c(OC)c(OC)c3)c(NC(=O)CI)c2c1. The molecule has 2 aromatic carbocycles. The van der Waals surface area contributed by atoms with E-state index in [9.17, 15) is 9.59 Å². The first-order valence-corrected chi connectivity index (χ1v) is 10.3. The maximum Gasteiger partial charge on any atom is 0.234 e. The van der Waals surface area contributed by atoms with E-state index in [-0.39, 0.29) is 27.3 Å². The standard InChI is InChI=1S/C21H20INO7/c1-26-12-5-6-14-13(9-12)18(23-17(24)10-22)21(30-14)19(25)11-7-15(27-2)20(29-4)16(8-11)28-3/h5-9H,10H2,1-4H3,(H,23,24). The summed E-state index contributed by atoms with van der Waals surface area (Å²) in [5.74, 6) is 0.870. The molecule has 0 aliphatic carbocycles. The minimum atomic E-state index is -0.451. The molecule has 0 aliphatic rings. The molecule has 0 atom stereocenters. The number of methoxy groups -OCH3 is 4. The lowest BCUT2D eigenvalue weighted by atomic mass is 10.1. The summed E-state index contributed by atoms with van der Waals surface area (Å²) in [6, 6.07) is 8.15. The molecule has 1 amide bonds. The molecule has 0 saturated carbocycles. The van der Waals surface area contributed by atoms with Gasteiger partial charge in [0.05, 0.1) is 38.6 Å². The Hall–Kier alpha value is -2.95. The summed E-state index contributed by atoms with van der Waals surface area (Å²) in [6.07, 6.45) is 0. The van der Waals surface area contributed by atoms with Gasteiger partial charge < -0.3 is 28.7 Å². The largest absolute Gasteiger partial charge is 0.497 e. The van der Waals surface area contributed by atoms with Crippen LogP contribution in [0.3, 0.4) is 0 Å². The highest BCUT2D eigenvalue weighted by atomic mass is 127. The predicted molar refractivity (Wildman–Crippen MR) is 120 cm³/mol. The van der Waals surface area contributed by atoms with Gasteiger partial charge in [0.15, 0.2) is 17.3 Å². The predicted octanol–water partition coefficient (Wildman–Crippen LogP) is 4.07. The molecule has 0 bridgehead atoms. The van der Waals surface area contributed by atoms with E-state index in [0.717, 1.165) is 0 Å². The molecule has 0 spiro atoms. The number of alkyl halides is 1. The first-order chi connectivity index (χ1) is 14.5. The highest BCUT2D eigenvalue weighted by Crippen LogP contribution is 2.40. The monoisotopic (exact) mass is 525 g/mol. The maximum atomic E-state index is 13.4. The van der Waals surface area contributed by atoms with E-state index < -0.39 is 5.78 Å². The highest BCUT2D eigenvalue weighted by Gasteiger charge is 2.26. The molecule has 3 rings (SSSR count). The Morgan fingerprint density at radius 2 is 1.63 bits per heavy atom. The molecule has 0 unspecified atom stereocenters. The van der Waals surface area contributed by atoms with Crippen LogP contribution in [-0.2, 0) is 4.79 Å². The Bertz CT molecular complexity index is 1080. The molecule has 3 aromatic rings. The van der Waals surface area contributed by atoms with Gasteiger partial charge in [-0.25, -0.2) is 0 Å². The number of anilines is 1. The average Bonchev–Trinajstić information content (AvgIpc) is 3.14. The molecular formula is C21H20INO7. The second kappa shape index (κ2) is 9.24. The first kappa shape index (κ1) is 21.8. The van der Waals surface area contributed by atoms with Gasteiger partial charge in [0, 0.05) is 10.9 Å². The third kappa shape index (κ3) is 4.02. The number of ketones is 1. The molecule has 158 valence electrons. The molecule has 0 saturated heterocycles. The van der Waals surface area contributed by atoms with Crippen molar-refractivity contribution in [2.45, 2.75) is 0 Å². The minimum Gasteiger partial charge on any atom is -0.497 e. The Kier molecular flexibility index (Phi) is 6.70. The fourth-order valence-electron chi connectivity index (χ4n) is 3.00. The Balaban J connectivity index is 2.19. The first-order valence-electron chi connectivity index (χ1n) is 8.78. The summed E-state index contributed by atoms with van der Waals surface area (Å²) in [5.41, 5.74) is 0.972. The number of nitrogens with one attached hydrogen (secondary N) is 1. The van der Waals surface area contributed by atoms with Gasteiger partial charge in [0.2, 0.25) is 17.4 Å². The van der Waals surface area contributed by atoms with E-state index in [4.69, 9.17) is 23.4 Å². The van der Waals surface area contributed by atoms with Crippen LogP contribution in [0.1, 0.15) is 16.1 Å². The smallest absolute Gasteiger partial charge is 0.234 e. The Labute approximate surface area is 186 Å². The van der Waals surface area contributed by atoms with Gasteiger partial charge in [-0.2, -0.15) is 0 Å². The van der Waals surface area contributed by atoms with Crippen molar-refractivity contribution in [3.8, 4) is 23.0 Å². The van der Waals surface area contributed by atoms with Crippen LogP contribution in [0.4, 0.5) is 5.69 Å². The summed E-state index contributed by atoms with van der Waals surface area (Å²) in [5, 5.41) is 3.32. The number of carbonyl (C=O) groups excluding carboxylic acids is 2. The van der Waals surface area contributed by atoms with Gasteiger partial charge in [-0.1, -0.05) is 22.6 Å². The van der Waals surface area contributed by atoms with Crippen LogP contribution in [-0.4, -0.2) is 44.6 Å². The van der Waals surface area contributed by atoms with E-state index in [2.05, 4.69) is 5.32 Å². The van der Waals surface area contributed by atoms with Crippen LogP contribution >= 0.6 is 22.6 Å². The summed E-state index contributed by atoms with van der Waals surface area (Å²) >= 11 is 1.94. The van der Waals surface area contributed by atoms with E-state index >= 15 is 0 Å². The van der Waals surface area contributed by atoms with Gasteiger partial charge in [-0.05, 0) is 30.3 Å². The molecule has 30 heavy (non-hydrogen) atoms. The molecule has 8 nitrogen and oxygen atoms in total. The highest BCUT2D eigenvalue weighted by molar-refractivity contribution is 14.1. The number of benzene rings is 2. The summed E-state index contributed by atoms with van der Waals surface area (Å²) < 4.78 is 27.3. The number of halogens is 1. The maximum absolute atomic E-state index is 13.4. The van der Waals surface area contributed by atoms with Crippen molar-refractivity contribution >= 4 is 50.9 Å². The fraction of sp³-hybridized carbons (Fsp3) is 0.238. The molecular weight excluding hydrogens is 505 g/mol. The van der Waals surface area contributed by atoms with Gasteiger partial charge >= 0.3 is 0 Å². The van der Waals surface area contributed by atoms with Gasteiger partial charge in [0.25, 0.3) is 0 Å². The summed E-state index contributed by atoms with van der Waals surface area (Å²) in [7, 11) is 5.94. The van der Waals surface area contributed by atoms with Crippen molar-refractivity contribution in [2.24, 2.45) is 0 Å². The van der Waals surface area contributed by atoms with E-state index in [0.29, 0.717) is 34.0 Å². The average molecular weight is 525 g/mol. The Morgan fingerprint density at radius 3 is 2.17 bits per heavy atom. The van der Waals surface area contributed by atoms with Crippen LogP contribution in [0.15, 0.2) is 34.7 Å². The number of hydrogen-bond acceptors (Lipinski definition) is 7. The lowest BCUT2D eigenvalue weighted by molar-refractivity contribution is -0.113. The van der Waals surface area contributed by atoms with E-state index in [1.54, 1.807) is 18.2 Å². The lowest BCUT2D eigenvalue weighted by Gasteiger charge is -2.13. The number of carbonyl (C=O) groups is 2. The second-order valence-electron chi connectivity index (χ2n) is 6.09. The zero-order valence-electron chi connectivity index (χ0n) is 16.8. The van der Waals surface area contributed by atoms with Gasteiger partial charge in [-0.15, -0.1) is 0 Å². The molecule has 9 heteroatoms. The van der Waals surface area contributed by atoms with Crippen molar-refractivity contribution in [1.82, 2.24) is 0 Å². The molecule has 1 aromatic heterocycles. The number of furan rings is 1. The third-order valence-electron chi connectivity index (χ3n) is 4.41. The van der Waals surface area contributed by atoms with E-state index in [1.807, 2.05) is 22.6 Å². The normalized spacial score (nSPS) is 10.6. The van der Waals surface area contributed by atoms with Crippen LogP contribution < -0.4 is 24.3 Å². The van der Waals surface area contributed by atoms with Gasteiger partial charge in [-0.3, -0.25) is 9.59 Å². The molecule has 0 aliphatic heterocycles. The van der Waals surface area contributed by atoms with Crippen molar-refractivity contribution in [1.29, 1.82) is 0 Å². The van der Waals surface area contributed by atoms with Crippen LogP contribution in [0, 0.1) is 0 Å². The number of ether oxygens (including phenoxy) is 4. The fourth-order valence-corrected chi connectivity index (χ4v) is 3.19. The molecule has 1 heterocycles. The summed E-state index contributed by atoms with van der Waals surface area (Å²) in [4.78, 5) is 25.5.